The largest absolute Gasteiger partial charge is 0.298 e. The molecule has 0 aliphatic rings. The Labute approximate surface area is 67.9 Å². The fourth-order valence-corrected chi connectivity index (χ4v) is 1.15. The van der Waals surface area contributed by atoms with Gasteiger partial charge in [-0.3, -0.25) is 4.79 Å². The third-order valence-electron chi connectivity index (χ3n) is 1.11. The highest BCUT2D eigenvalue weighted by Crippen LogP contribution is 2.21. The van der Waals surface area contributed by atoms with Gasteiger partial charge >= 0.3 is 0 Å². The quantitative estimate of drug-likeness (QED) is 0.639. The molecule has 0 aliphatic heterocycles. The van der Waals surface area contributed by atoms with Gasteiger partial charge in [-0.15, -0.1) is 0 Å². The summed E-state index contributed by atoms with van der Waals surface area (Å²) >= 11 is 0. The highest BCUT2D eigenvalue weighted by molar-refractivity contribution is 8.21. The molecule has 0 fully saturated rings. The Balaban J connectivity index is 2.90. The Bertz CT molecular complexity index is 220. The number of halogens is 1. The predicted octanol–water partition coefficient (Wildman–Crippen LogP) is 2.75. The van der Waals surface area contributed by atoms with Crippen molar-refractivity contribution in [3.8, 4) is 0 Å². The van der Waals surface area contributed by atoms with Crippen molar-refractivity contribution in [2.45, 2.75) is 4.90 Å². The van der Waals surface area contributed by atoms with Crippen LogP contribution in [0.15, 0.2) is 29.2 Å². The summed E-state index contributed by atoms with van der Waals surface area (Å²) in [5.41, 5.74) is 0.675. The first-order valence-electron chi connectivity index (χ1n) is 2.70. The van der Waals surface area contributed by atoms with Crippen LogP contribution >= 0.6 is 21.7 Å². The predicted molar refractivity (Wildman–Crippen MR) is 43.5 cm³/mol. The molecule has 0 spiro atoms. The van der Waals surface area contributed by atoms with Gasteiger partial charge in [0.1, 0.15) is 6.29 Å². The molecule has 0 saturated heterocycles. The summed E-state index contributed by atoms with van der Waals surface area (Å²) < 4.78 is 0. The second-order valence-corrected chi connectivity index (χ2v) is 2.85. The maximum Gasteiger partial charge on any atom is 0.150 e. The lowest BCUT2D eigenvalue weighted by Crippen LogP contribution is -1.76. The van der Waals surface area contributed by atoms with Crippen LogP contribution < -0.4 is 0 Å². The second kappa shape index (κ2) is 3.64. The zero-order valence-electron chi connectivity index (χ0n) is 5.08. The minimum atomic E-state index is 0.675. The van der Waals surface area contributed by atoms with Gasteiger partial charge in [0.2, 0.25) is 0 Å². The molecule has 0 radical (unpaired) electrons. The molecular formula is C7H5ClOS. The van der Waals surface area contributed by atoms with E-state index in [-0.39, 0.29) is 0 Å². The number of carbonyl (C=O) groups is 1. The van der Waals surface area contributed by atoms with Crippen LogP contribution in [0.2, 0.25) is 0 Å². The van der Waals surface area contributed by atoms with E-state index in [1.807, 2.05) is 0 Å². The highest BCUT2D eigenvalue weighted by Gasteiger charge is 1.90. The van der Waals surface area contributed by atoms with Crippen molar-refractivity contribution in [2.75, 3.05) is 0 Å². The first-order valence-corrected chi connectivity index (χ1v) is 4.35. The van der Waals surface area contributed by atoms with Crippen LogP contribution in [-0.2, 0) is 0 Å². The summed E-state index contributed by atoms with van der Waals surface area (Å²) in [6.45, 7) is 0. The van der Waals surface area contributed by atoms with E-state index in [4.69, 9.17) is 10.7 Å². The van der Waals surface area contributed by atoms with Gasteiger partial charge in [-0.05, 0) is 33.8 Å². The molecule has 0 bridgehead atoms. The van der Waals surface area contributed by atoms with Gasteiger partial charge in [-0.1, -0.05) is 12.1 Å². The Kier molecular flexibility index (Phi) is 2.78. The number of hydrogen-bond donors (Lipinski definition) is 0. The van der Waals surface area contributed by atoms with Gasteiger partial charge in [-0.25, -0.2) is 0 Å². The molecule has 0 N–H and O–H groups in total. The minimum absolute atomic E-state index is 0.675. The molecule has 0 heterocycles. The zero-order valence-corrected chi connectivity index (χ0v) is 6.65. The summed E-state index contributed by atoms with van der Waals surface area (Å²) in [4.78, 5) is 11.1. The molecule has 1 aromatic carbocycles. The molecule has 1 rings (SSSR count). The van der Waals surface area contributed by atoms with Crippen molar-refractivity contribution < 1.29 is 4.79 Å². The van der Waals surface area contributed by atoms with Crippen molar-refractivity contribution >= 4 is 27.9 Å². The molecule has 0 aliphatic carbocycles. The number of carbonyl (C=O) groups excluding carboxylic acids is 1. The van der Waals surface area contributed by atoms with Crippen LogP contribution in [0.1, 0.15) is 10.4 Å². The molecular weight excluding hydrogens is 168 g/mol. The summed E-state index contributed by atoms with van der Waals surface area (Å²) in [6, 6.07) is 7.08. The van der Waals surface area contributed by atoms with E-state index in [1.165, 1.54) is 0 Å². The van der Waals surface area contributed by atoms with Crippen LogP contribution in [0, 0.1) is 0 Å². The van der Waals surface area contributed by atoms with Gasteiger partial charge in [0.05, 0.1) is 0 Å². The van der Waals surface area contributed by atoms with Crippen molar-refractivity contribution in [3.05, 3.63) is 29.8 Å². The summed E-state index contributed by atoms with van der Waals surface area (Å²) in [5, 5.41) is 0. The van der Waals surface area contributed by atoms with Crippen LogP contribution in [0.4, 0.5) is 0 Å². The number of aldehydes is 1. The molecule has 0 amide bonds. The van der Waals surface area contributed by atoms with E-state index < -0.39 is 0 Å². The number of benzene rings is 1. The van der Waals surface area contributed by atoms with Crippen molar-refractivity contribution in [1.82, 2.24) is 0 Å². The first-order chi connectivity index (χ1) is 4.86. The van der Waals surface area contributed by atoms with Crippen molar-refractivity contribution in [1.29, 1.82) is 0 Å². The van der Waals surface area contributed by atoms with Crippen LogP contribution in [0.25, 0.3) is 0 Å². The average Bonchev–Trinajstić information content (AvgIpc) is 2.05. The van der Waals surface area contributed by atoms with Crippen LogP contribution in [0.5, 0.6) is 0 Å². The zero-order chi connectivity index (χ0) is 7.40. The van der Waals surface area contributed by atoms with Crippen molar-refractivity contribution in [3.63, 3.8) is 0 Å². The molecule has 0 aromatic heterocycles. The molecule has 0 saturated carbocycles. The van der Waals surface area contributed by atoms with E-state index in [9.17, 15) is 4.79 Å². The van der Waals surface area contributed by atoms with Crippen LogP contribution in [-0.4, -0.2) is 6.29 Å². The van der Waals surface area contributed by atoms with Gasteiger partial charge in [0.15, 0.2) is 0 Å². The monoisotopic (exact) mass is 172 g/mol. The standard InChI is InChI=1S/C7H5ClOS/c8-10-7-3-1-6(5-9)2-4-7/h1-5H. The maximum absolute atomic E-state index is 10.2. The fraction of sp³-hybridized carbons (Fsp3) is 0. The third-order valence-corrected chi connectivity index (χ3v) is 2.09. The summed E-state index contributed by atoms with van der Waals surface area (Å²) in [7, 11) is 6.60. The third kappa shape index (κ3) is 1.75. The van der Waals surface area contributed by atoms with Crippen molar-refractivity contribution in [2.24, 2.45) is 0 Å². The topological polar surface area (TPSA) is 17.1 Å². The first kappa shape index (κ1) is 7.63. The fourth-order valence-electron chi connectivity index (χ4n) is 0.598. The Morgan fingerprint density at radius 3 is 2.30 bits per heavy atom. The average molecular weight is 173 g/mol. The molecule has 3 heteroatoms. The van der Waals surface area contributed by atoms with E-state index in [1.54, 1.807) is 24.3 Å². The molecule has 1 aromatic rings. The SMILES string of the molecule is O=Cc1ccc(SCl)cc1. The molecule has 0 unspecified atom stereocenters. The molecule has 52 valence electrons. The Morgan fingerprint density at radius 2 is 1.90 bits per heavy atom. The molecule has 0 atom stereocenters. The Morgan fingerprint density at radius 1 is 1.30 bits per heavy atom. The second-order valence-electron chi connectivity index (χ2n) is 1.76. The molecule has 10 heavy (non-hydrogen) atoms. The van der Waals surface area contributed by atoms with Crippen LogP contribution in [0.3, 0.4) is 0 Å². The normalized spacial score (nSPS) is 9.30. The lowest BCUT2D eigenvalue weighted by molar-refractivity contribution is 0.112. The number of rotatable bonds is 2. The van der Waals surface area contributed by atoms with E-state index in [0.717, 1.165) is 22.2 Å². The minimum Gasteiger partial charge on any atom is -0.298 e. The number of hydrogen-bond acceptors (Lipinski definition) is 2. The van der Waals surface area contributed by atoms with Gasteiger partial charge in [0, 0.05) is 10.5 Å². The van der Waals surface area contributed by atoms with Gasteiger partial charge in [-0.2, -0.15) is 0 Å². The van der Waals surface area contributed by atoms with Gasteiger partial charge < -0.3 is 0 Å². The van der Waals surface area contributed by atoms with E-state index >= 15 is 0 Å². The summed E-state index contributed by atoms with van der Waals surface area (Å²) in [5.74, 6) is 0. The maximum atomic E-state index is 10.2. The lowest BCUT2D eigenvalue weighted by atomic mass is 10.2. The highest BCUT2D eigenvalue weighted by atomic mass is 35.7. The Hall–Kier alpha value is -0.470. The van der Waals surface area contributed by atoms with Gasteiger partial charge in [0.25, 0.3) is 0 Å². The smallest absolute Gasteiger partial charge is 0.150 e. The lowest BCUT2D eigenvalue weighted by Gasteiger charge is -1.91. The van der Waals surface area contributed by atoms with E-state index in [2.05, 4.69) is 0 Å². The molecule has 1 nitrogen and oxygen atoms in total. The summed E-state index contributed by atoms with van der Waals surface area (Å²) in [6.07, 6.45) is 0.808. The van der Waals surface area contributed by atoms with E-state index in [0.29, 0.717) is 5.56 Å².